The van der Waals surface area contributed by atoms with Crippen molar-refractivity contribution < 1.29 is 18.7 Å². The monoisotopic (exact) mass is 379 g/mol. The van der Waals surface area contributed by atoms with Crippen LogP contribution in [0.4, 0.5) is 4.79 Å². The maximum Gasteiger partial charge on any atom is 0.321 e. The average Bonchev–Trinajstić information content (AvgIpc) is 3.03. The molecule has 2 aromatic rings. The Hall–Kier alpha value is -2.35. The second kappa shape index (κ2) is 9.96. The molecule has 140 valence electrons. The molecule has 0 saturated carbocycles. The zero-order valence-electron chi connectivity index (χ0n) is 14.8. The van der Waals surface area contributed by atoms with Crippen molar-refractivity contribution in [2.24, 2.45) is 0 Å². The van der Waals surface area contributed by atoms with Crippen LogP contribution in [0, 0.1) is 0 Å². The highest BCUT2D eigenvalue weighted by Crippen LogP contribution is 2.24. The Morgan fingerprint density at radius 2 is 1.92 bits per heavy atom. The minimum absolute atomic E-state index is 0.0642. The van der Waals surface area contributed by atoms with Crippen LogP contribution in [0.3, 0.4) is 0 Å². The second-order valence-corrected chi connectivity index (χ2v) is 6.18. The second-order valence-electron chi connectivity index (χ2n) is 5.74. The molecule has 0 saturated heterocycles. The lowest BCUT2D eigenvalue weighted by Gasteiger charge is -2.14. The SMILES string of the molecule is COCCNC(=O)NC(=O)CN(C)Cc1ccc(-c2ccc(Cl)cc2)o1. The molecule has 0 fully saturated rings. The molecule has 26 heavy (non-hydrogen) atoms. The number of benzene rings is 1. The number of rotatable bonds is 8. The van der Waals surface area contributed by atoms with Gasteiger partial charge in [0.15, 0.2) is 0 Å². The van der Waals surface area contributed by atoms with Crippen LogP contribution in [-0.4, -0.2) is 50.7 Å². The third-order valence-electron chi connectivity index (χ3n) is 3.47. The van der Waals surface area contributed by atoms with E-state index in [-0.39, 0.29) is 6.54 Å². The topological polar surface area (TPSA) is 83.8 Å². The van der Waals surface area contributed by atoms with E-state index in [1.54, 1.807) is 24.1 Å². The van der Waals surface area contributed by atoms with E-state index in [1.165, 1.54) is 7.11 Å². The van der Waals surface area contributed by atoms with Crippen LogP contribution in [0.2, 0.25) is 5.02 Å². The van der Waals surface area contributed by atoms with E-state index in [1.807, 2.05) is 24.3 Å². The van der Waals surface area contributed by atoms with Crippen molar-refractivity contribution in [1.82, 2.24) is 15.5 Å². The van der Waals surface area contributed by atoms with Crippen LogP contribution in [0.5, 0.6) is 0 Å². The molecule has 3 amide bonds. The molecule has 0 spiro atoms. The lowest BCUT2D eigenvalue weighted by Crippen LogP contribution is -2.44. The summed E-state index contributed by atoms with van der Waals surface area (Å²) in [5.74, 6) is 1.05. The number of nitrogens with zero attached hydrogens (tertiary/aromatic N) is 1. The lowest BCUT2D eigenvalue weighted by molar-refractivity contribution is -0.121. The molecule has 0 unspecified atom stereocenters. The summed E-state index contributed by atoms with van der Waals surface area (Å²) in [4.78, 5) is 25.1. The number of nitrogens with one attached hydrogen (secondary N) is 2. The number of carbonyl (C=O) groups is 2. The molecule has 0 aliphatic heterocycles. The first kappa shape index (κ1) is 20.0. The number of amides is 3. The number of urea groups is 1. The van der Waals surface area contributed by atoms with Crippen LogP contribution in [0.25, 0.3) is 11.3 Å². The predicted octanol–water partition coefficient (Wildman–Crippen LogP) is 2.50. The Labute approximate surface area is 157 Å². The number of halogens is 1. The zero-order valence-corrected chi connectivity index (χ0v) is 15.5. The first-order chi connectivity index (χ1) is 12.5. The number of hydrogen-bond donors (Lipinski definition) is 2. The molecule has 0 atom stereocenters. The van der Waals surface area contributed by atoms with Gasteiger partial charge in [-0.15, -0.1) is 0 Å². The lowest BCUT2D eigenvalue weighted by atomic mass is 10.2. The minimum Gasteiger partial charge on any atom is -0.460 e. The Morgan fingerprint density at radius 1 is 1.19 bits per heavy atom. The molecule has 1 aromatic carbocycles. The molecular formula is C18H22ClN3O4. The number of likely N-dealkylation sites (N-methyl/N-ethyl adjacent to an activating group) is 1. The molecule has 0 aliphatic rings. The third kappa shape index (κ3) is 6.51. The highest BCUT2D eigenvalue weighted by atomic mass is 35.5. The smallest absolute Gasteiger partial charge is 0.321 e. The summed E-state index contributed by atoms with van der Waals surface area (Å²) in [7, 11) is 3.31. The fraction of sp³-hybridized carbons (Fsp3) is 0.333. The number of methoxy groups -OCH3 is 1. The van der Waals surface area contributed by atoms with Gasteiger partial charge >= 0.3 is 6.03 Å². The minimum atomic E-state index is -0.538. The van der Waals surface area contributed by atoms with E-state index in [0.717, 1.165) is 17.1 Å². The maximum absolute atomic E-state index is 11.9. The number of carbonyl (C=O) groups excluding carboxylic acids is 2. The van der Waals surface area contributed by atoms with Gasteiger partial charge in [0.25, 0.3) is 0 Å². The van der Waals surface area contributed by atoms with E-state index in [2.05, 4.69) is 10.6 Å². The highest BCUT2D eigenvalue weighted by molar-refractivity contribution is 6.30. The quantitative estimate of drug-likeness (QED) is 0.688. The van der Waals surface area contributed by atoms with Crippen molar-refractivity contribution in [1.29, 1.82) is 0 Å². The molecule has 7 nitrogen and oxygen atoms in total. The first-order valence-corrected chi connectivity index (χ1v) is 8.45. The third-order valence-corrected chi connectivity index (χ3v) is 3.73. The molecule has 0 aliphatic carbocycles. The number of imide groups is 1. The van der Waals surface area contributed by atoms with Gasteiger partial charge in [0.1, 0.15) is 11.5 Å². The van der Waals surface area contributed by atoms with Gasteiger partial charge in [0.2, 0.25) is 5.91 Å². The summed E-state index contributed by atoms with van der Waals surface area (Å²) in [6.07, 6.45) is 0. The van der Waals surface area contributed by atoms with E-state index >= 15 is 0 Å². The number of furan rings is 1. The summed E-state index contributed by atoms with van der Waals surface area (Å²) in [6.45, 7) is 1.22. The molecule has 0 bridgehead atoms. The van der Waals surface area contributed by atoms with E-state index in [9.17, 15) is 9.59 Å². The Balaban J connectivity index is 1.80. The molecule has 0 radical (unpaired) electrons. The van der Waals surface area contributed by atoms with Gasteiger partial charge in [-0.1, -0.05) is 11.6 Å². The van der Waals surface area contributed by atoms with Gasteiger partial charge in [0, 0.05) is 24.2 Å². The molecule has 1 heterocycles. The van der Waals surface area contributed by atoms with Crippen LogP contribution in [-0.2, 0) is 16.1 Å². The predicted molar refractivity (Wildman–Crippen MR) is 98.9 cm³/mol. The summed E-state index contributed by atoms with van der Waals surface area (Å²) in [5.41, 5.74) is 0.925. The molecule has 2 rings (SSSR count). The molecular weight excluding hydrogens is 358 g/mol. The zero-order chi connectivity index (χ0) is 18.9. The normalized spacial score (nSPS) is 10.8. The Bertz CT molecular complexity index is 730. The van der Waals surface area contributed by atoms with Gasteiger partial charge in [0.05, 0.1) is 19.7 Å². The van der Waals surface area contributed by atoms with Crippen LogP contribution < -0.4 is 10.6 Å². The van der Waals surface area contributed by atoms with Crippen molar-refractivity contribution >= 4 is 23.5 Å². The summed E-state index contributed by atoms with van der Waals surface area (Å²) >= 11 is 5.88. The maximum atomic E-state index is 11.9. The highest BCUT2D eigenvalue weighted by Gasteiger charge is 2.12. The molecule has 1 aromatic heterocycles. The molecule has 2 N–H and O–H groups in total. The van der Waals surface area contributed by atoms with Gasteiger partial charge in [-0.3, -0.25) is 15.0 Å². The molecule has 8 heteroatoms. The van der Waals surface area contributed by atoms with Crippen LogP contribution >= 0.6 is 11.6 Å². The summed E-state index contributed by atoms with van der Waals surface area (Å²) < 4.78 is 10.6. The van der Waals surface area contributed by atoms with Crippen molar-refractivity contribution in [2.45, 2.75) is 6.54 Å². The largest absolute Gasteiger partial charge is 0.460 e. The Morgan fingerprint density at radius 3 is 2.62 bits per heavy atom. The van der Waals surface area contributed by atoms with Crippen molar-refractivity contribution in [3.63, 3.8) is 0 Å². The fourth-order valence-corrected chi connectivity index (χ4v) is 2.40. The summed E-state index contributed by atoms with van der Waals surface area (Å²) in [6, 6.07) is 10.5. The van der Waals surface area contributed by atoms with Gasteiger partial charge in [-0.25, -0.2) is 4.79 Å². The van der Waals surface area contributed by atoms with Crippen LogP contribution in [0.1, 0.15) is 5.76 Å². The van der Waals surface area contributed by atoms with Gasteiger partial charge < -0.3 is 14.5 Å². The van der Waals surface area contributed by atoms with E-state index in [4.69, 9.17) is 20.8 Å². The van der Waals surface area contributed by atoms with Crippen molar-refractivity contribution in [2.75, 3.05) is 33.9 Å². The van der Waals surface area contributed by atoms with Crippen LogP contribution in [0.15, 0.2) is 40.8 Å². The summed E-state index contributed by atoms with van der Waals surface area (Å²) in [5, 5.41) is 5.45. The van der Waals surface area contributed by atoms with E-state index in [0.29, 0.717) is 24.7 Å². The van der Waals surface area contributed by atoms with Crippen molar-refractivity contribution in [3.8, 4) is 11.3 Å². The first-order valence-electron chi connectivity index (χ1n) is 8.07. The fourth-order valence-electron chi connectivity index (χ4n) is 2.28. The average molecular weight is 380 g/mol. The van der Waals surface area contributed by atoms with Gasteiger partial charge in [-0.05, 0) is 43.4 Å². The number of hydrogen-bond acceptors (Lipinski definition) is 5. The van der Waals surface area contributed by atoms with Crippen molar-refractivity contribution in [3.05, 3.63) is 47.2 Å². The Kier molecular flexibility index (Phi) is 7.65. The van der Waals surface area contributed by atoms with E-state index < -0.39 is 11.9 Å². The number of ether oxygens (including phenoxy) is 1. The standard InChI is InChI=1S/C18H22ClN3O4/c1-22(12-17(23)21-18(24)20-9-10-25-2)11-15-7-8-16(26-15)13-3-5-14(19)6-4-13/h3-8H,9-12H2,1-2H3,(H2,20,21,23,24). The van der Waals surface area contributed by atoms with Gasteiger partial charge in [-0.2, -0.15) is 0 Å².